The van der Waals surface area contributed by atoms with Crippen molar-refractivity contribution in [1.82, 2.24) is 9.80 Å². The van der Waals surface area contributed by atoms with E-state index in [1.165, 1.54) is 0 Å². The summed E-state index contributed by atoms with van der Waals surface area (Å²) in [6, 6.07) is -0.0310. The molecule has 2 saturated heterocycles. The predicted molar refractivity (Wildman–Crippen MR) is 159 cm³/mol. The van der Waals surface area contributed by atoms with Crippen LogP contribution in [0.25, 0.3) is 0 Å². The quantitative estimate of drug-likeness (QED) is 0.374. The molecule has 11 unspecified atom stereocenters. The van der Waals surface area contributed by atoms with Gasteiger partial charge in [0, 0.05) is 12.1 Å². The molecule has 0 aromatic carbocycles. The van der Waals surface area contributed by atoms with Crippen LogP contribution in [0, 0.1) is 29.6 Å². The minimum atomic E-state index is -0.0981. The van der Waals surface area contributed by atoms with Crippen LogP contribution in [0.1, 0.15) is 129 Å². The number of hydrogen-bond donors (Lipinski definition) is 0. The number of nitrogens with zero attached hydrogens (tertiary/aromatic N) is 2. The monoisotopic (exact) mass is 596 g/mol. The highest BCUT2D eigenvalue weighted by atomic mass is 16.5. The van der Waals surface area contributed by atoms with Gasteiger partial charge in [-0.2, -0.15) is 0 Å². The summed E-state index contributed by atoms with van der Waals surface area (Å²) < 4.78 is 13.4. The normalized spacial score (nSPS) is 44.1. The van der Waals surface area contributed by atoms with E-state index in [4.69, 9.17) is 9.47 Å². The molecule has 0 bridgehead atoms. The molecule has 0 aromatic rings. The van der Waals surface area contributed by atoms with Crippen LogP contribution in [-0.4, -0.2) is 69.9 Å². The number of fused-ring (bicyclic) bond motifs is 2. The maximum atomic E-state index is 13.3. The van der Waals surface area contributed by atoms with Gasteiger partial charge in [0.15, 0.2) is 0 Å². The first-order chi connectivity index (χ1) is 20.9. The van der Waals surface area contributed by atoms with Crippen molar-refractivity contribution < 1.29 is 28.7 Å². The summed E-state index contributed by atoms with van der Waals surface area (Å²) in [7, 11) is 0. The molecule has 2 heterocycles. The topological polar surface area (TPSA) is 93.2 Å². The number of hydrogen-bond acceptors (Lipinski definition) is 6. The number of imide groups is 2. The van der Waals surface area contributed by atoms with E-state index in [0.717, 1.165) is 122 Å². The molecule has 43 heavy (non-hydrogen) atoms. The smallest absolute Gasteiger partial charge is 0.233 e. The summed E-state index contributed by atoms with van der Waals surface area (Å²) in [5, 5.41) is 0. The van der Waals surface area contributed by atoms with E-state index in [2.05, 4.69) is 6.92 Å². The minimum Gasteiger partial charge on any atom is -0.375 e. The zero-order valence-corrected chi connectivity index (χ0v) is 26.1. The Hall–Kier alpha value is -1.80. The van der Waals surface area contributed by atoms with E-state index in [1.54, 1.807) is 9.80 Å². The van der Waals surface area contributed by atoms with Crippen LogP contribution in [0.3, 0.4) is 0 Å². The van der Waals surface area contributed by atoms with Gasteiger partial charge in [-0.3, -0.25) is 29.0 Å². The summed E-state index contributed by atoms with van der Waals surface area (Å²) >= 11 is 0. The van der Waals surface area contributed by atoms with Gasteiger partial charge in [-0.1, -0.05) is 19.8 Å². The zero-order valence-electron chi connectivity index (χ0n) is 26.1. The molecule has 8 nitrogen and oxygen atoms in total. The molecule has 2 aliphatic heterocycles. The van der Waals surface area contributed by atoms with Crippen molar-refractivity contribution in [2.45, 2.75) is 165 Å². The highest BCUT2D eigenvalue weighted by Crippen LogP contribution is 2.44. The van der Waals surface area contributed by atoms with Crippen LogP contribution >= 0.6 is 0 Å². The summed E-state index contributed by atoms with van der Waals surface area (Å²) in [5.41, 5.74) is 0. The maximum Gasteiger partial charge on any atom is 0.233 e. The second-order valence-corrected chi connectivity index (χ2v) is 15.3. The molecule has 7 rings (SSSR count). The molecule has 238 valence electrons. The zero-order chi connectivity index (χ0) is 29.7. The summed E-state index contributed by atoms with van der Waals surface area (Å²) in [5.74, 6) is 0.522. The van der Waals surface area contributed by atoms with Crippen molar-refractivity contribution in [2.75, 3.05) is 0 Å². The van der Waals surface area contributed by atoms with Crippen molar-refractivity contribution >= 4 is 23.6 Å². The molecule has 7 fully saturated rings. The standard InChI is InChI=1S/C35H52N2O6/c1-21-15-16-30-31(17-21)35(41)37(34(30)40)23-8-5-10-25(19-23)43-27-12-6-11-26(20-27)42-24-9-4-7-22(18-24)36-32(38)28-13-2-3-14-29(28)33(36)39/h21-31H,2-20H2,1H3. The Morgan fingerprint density at radius 3 is 1.37 bits per heavy atom. The fourth-order valence-corrected chi connectivity index (χ4v) is 10.2. The Morgan fingerprint density at radius 2 is 0.860 bits per heavy atom. The van der Waals surface area contributed by atoms with E-state index in [0.29, 0.717) is 5.92 Å². The molecular weight excluding hydrogens is 544 g/mol. The van der Waals surface area contributed by atoms with Crippen molar-refractivity contribution in [1.29, 1.82) is 0 Å². The van der Waals surface area contributed by atoms with Gasteiger partial charge < -0.3 is 9.47 Å². The molecule has 0 N–H and O–H groups in total. The largest absolute Gasteiger partial charge is 0.375 e. The first-order valence-electron chi connectivity index (χ1n) is 17.9. The lowest BCUT2D eigenvalue weighted by Gasteiger charge is -2.39. The van der Waals surface area contributed by atoms with Crippen LogP contribution < -0.4 is 0 Å². The van der Waals surface area contributed by atoms with Gasteiger partial charge >= 0.3 is 0 Å². The van der Waals surface area contributed by atoms with Crippen LogP contribution in [0.5, 0.6) is 0 Å². The van der Waals surface area contributed by atoms with Gasteiger partial charge in [0.1, 0.15) is 0 Å². The second kappa shape index (κ2) is 12.5. The molecule has 4 amide bonds. The predicted octanol–water partition coefficient (Wildman–Crippen LogP) is 5.55. The van der Waals surface area contributed by atoms with E-state index >= 15 is 0 Å². The summed E-state index contributed by atoms with van der Waals surface area (Å²) in [6.45, 7) is 2.20. The number of amides is 4. The van der Waals surface area contributed by atoms with Gasteiger partial charge in [-0.15, -0.1) is 0 Å². The summed E-state index contributed by atoms with van der Waals surface area (Å²) in [4.78, 5) is 56.4. The lowest BCUT2D eigenvalue weighted by molar-refractivity contribution is -0.146. The SMILES string of the molecule is CC1CCC2C(=O)N(C3CCCC(OC4CCCC(OC5CCCC(N6C(=O)C7CCCCC7C6=O)C5)C4)C3)C(=O)C2C1. The van der Waals surface area contributed by atoms with Crippen LogP contribution in [-0.2, 0) is 28.7 Å². The average molecular weight is 597 g/mol. The Labute approximate surface area is 256 Å². The molecule has 7 aliphatic rings. The maximum absolute atomic E-state index is 13.3. The first-order valence-corrected chi connectivity index (χ1v) is 17.9. The van der Waals surface area contributed by atoms with E-state index in [1.807, 2.05) is 0 Å². The third-order valence-electron chi connectivity index (χ3n) is 12.4. The molecule has 5 saturated carbocycles. The number of ether oxygens (including phenoxy) is 2. The van der Waals surface area contributed by atoms with E-state index in [-0.39, 0.29) is 83.8 Å². The molecule has 0 radical (unpaired) electrons. The lowest BCUT2D eigenvalue weighted by atomic mass is 9.76. The minimum absolute atomic E-state index is 0.0118. The van der Waals surface area contributed by atoms with Crippen molar-refractivity contribution in [3.05, 3.63) is 0 Å². The number of rotatable bonds is 6. The molecule has 8 heteroatoms. The number of carbonyl (C=O) groups excluding carboxylic acids is 4. The third kappa shape index (κ3) is 5.84. The van der Waals surface area contributed by atoms with Crippen molar-refractivity contribution in [3.63, 3.8) is 0 Å². The van der Waals surface area contributed by atoms with Gasteiger partial charge in [0.05, 0.1) is 48.1 Å². The Morgan fingerprint density at radius 1 is 0.442 bits per heavy atom. The van der Waals surface area contributed by atoms with Crippen LogP contribution in [0.15, 0.2) is 0 Å². The summed E-state index contributed by atoms with van der Waals surface area (Å²) in [6.07, 6.45) is 18.4. The lowest BCUT2D eigenvalue weighted by Crippen LogP contribution is -2.46. The molecule has 0 spiro atoms. The molecule has 0 aromatic heterocycles. The highest BCUT2D eigenvalue weighted by Gasteiger charge is 2.53. The molecular formula is C35H52N2O6. The first kappa shape index (κ1) is 29.9. The van der Waals surface area contributed by atoms with Crippen molar-refractivity contribution in [3.8, 4) is 0 Å². The third-order valence-corrected chi connectivity index (χ3v) is 12.4. The van der Waals surface area contributed by atoms with E-state index in [9.17, 15) is 19.2 Å². The van der Waals surface area contributed by atoms with Gasteiger partial charge in [0.25, 0.3) is 0 Å². The van der Waals surface area contributed by atoms with Crippen LogP contribution in [0.4, 0.5) is 0 Å². The average Bonchev–Trinajstić information content (AvgIpc) is 3.41. The highest BCUT2D eigenvalue weighted by molar-refractivity contribution is 6.06. The molecule has 5 aliphatic carbocycles. The Balaban J connectivity index is 0.915. The van der Waals surface area contributed by atoms with Crippen LogP contribution in [0.2, 0.25) is 0 Å². The fraction of sp³-hybridized carbons (Fsp3) is 0.886. The molecule has 11 atom stereocenters. The fourth-order valence-electron chi connectivity index (χ4n) is 10.2. The Kier molecular flexibility index (Phi) is 8.71. The van der Waals surface area contributed by atoms with Gasteiger partial charge in [0.2, 0.25) is 23.6 Å². The second-order valence-electron chi connectivity index (χ2n) is 15.3. The van der Waals surface area contributed by atoms with Gasteiger partial charge in [-0.25, -0.2) is 0 Å². The van der Waals surface area contributed by atoms with Gasteiger partial charge in [-0.05, 0) is 115 Å². The number of likely N-dealkylation sites (tertiary alicyclic amines) is 2. The number of carbonyl (C=O) groups is 4. The Bertz CT molecular complexity index is 1070. The van der Waals surface area contributed by atoms with E-state index < -0.39 is 0 Å². The van der Waals surface area contributed by atoms with Crippen molar-refractivity contribution in [2.24, 2.45) is 29.6 Å².